The van der Waals surface area contributed by atoms with Gasteiger partial charge in [-0.05, 0) is 39.8 Å². The molecule has 1 amide bonds. The maximum atomic E-state index is 12.4. The summed E-state index contributed by atoms with van der Waals surface area (Å²) in [5.74, 6) is 0.531. The van der Waals surface area contributed by atoms with Crippen molar-refractivity contribution in [2.45, 2.75) is 39.3 Å². The Hall–Kier alpha value is -2.48. The Bertz CT molecular complexity index is 965. The van der Waals surface area contributed by atoms with Gasteiger partial charge in [-0.2, -0.15) is 4.98 Å². The van der Waals surface area contributed by atoms with E-state index in [1.807, 2.05) is 27.7 Å². The van der Waals surface area contributed by atoms with Gasteiger partial charge in [0.25, 0.3) is 6.01 Å². The minimum absolute atomic E-state index is 0.0170. The zero-order valence-electron chi connectivity index (χ0n) is 17.1. The summed E-state index contributed by atoms with van der Waals surface area (Å²) in [6.45, 7) is 10.4. The number of benzene rings is 1. The molecule has 156 valence electrons. The van der Waals surface area contributed by atoms with E-state index in [9.17, 15) is 4.79 Å². The Kier molecular flexibility index (Phi) is 5.06. The molecular weight excluding hydrogens is 396 g/mol. The van der Waals surface area contributed by atoms with Crippen LogP contribution in [0.3, 0.4) is 0 Å². The van der Waals surface area contributed by atoms with E-state index in [4.69, 9.17) is 25.5 Å². The number of aliphatic imine (C=N–C) groups is 1. The average Bonchev–Trinajstić information content (AvgIpc) is 3.29. The zero-order valence-corrected chi connectivity index (χ0v) is 17.8. The summed E-state index contributed by atoms with van der Waals surface area (Å²) in [6.07, 6.45) is -0.299. The first-order chi connectivity index (χ1) is 13.7. The molecule has 0 N–H and O–H groups in total. The summed E-state index contributed by atoms with van der Waals surface area (Å²) in [5, 5.41) is 0.549. The quantitative estimate of drug-likeness (QED) is 0.736. The lowest BCUT2D eigenvalue weighted by molar-refractivity contribution is 0.0216. The maximum Gasteiger partial charge on any atom is 0.410 e. The van der Waals surface area contributed by atoms with E-state index >= 15 is 0 Å². The van der Waals surface area contributed by atoms with Gasteiger partial charge < -0.3 is 23.7 Å². The molecule has 0 radical (unpaired) electrons. The number of aromatic nitrogens is 1. The fourth-order valence-corrected chi connectivity index (χ4v) is 3.71. The average molecular weight is 421 g/mol. The second-order valence-electron chi connectivity index (χ2n) is 8.30. The number of hydrogen-bond acceptors (Lipinski definition) is 7. The van der Waals surface area contributed by atoms with E-state index < -0.39 is 5.60 Å². The van der Waals surface area contributed by atoms with Gasteiger partial charge in [0.05, 0.1) is 12.1 Å². The third-order valence-electron chi connectivity index (χ3n) is 4.78. The molecular formula is C20H25ClN4O4. The molecule has 1 atom stereocenters. The molecule has 2 aliphatic heterocycles. The monoisotopic (exact) mass is 420 g/mol. The van der Waals surface area contributed by atoms with Gasteiger partial charge in [0, 0.05) is 30.7 Å². The first-order valence-corrected chi connectivity index (χ1v) is 10.1. The van der Waals surface area contributed by atoms with E-state index in [1.54, 1.807) is 17.0 Å². The molecule has 1 aromatic heterocycles. The molecule has 0 aliphatic carbocycles. The molecule has 0 saturated carbocycles. The lowest BCUT2D eigenvalue weighted by Crippen LogP contribution is -2.54. The van der Waals surface area contributed by atoms with Crippen molar-refractivity contribution in [3.63, 3.8) is 0 Å². The van der Waals surface area contributed by atoms with Crippen molar-refractivity contribution in [3.8, 4) is 0 Å². The summed E-state index contributed by atoms with van der Waals surface area (Å²) in [7, 11) is 0. The fourth-order valence-electron chi connectivity index (χ4n) is 3.50. The number of fused-ring (bicyclic) bond motifs is 1. The highest BCUT2D eigenvalue weighted by Crippen LogP contribution is 2.31. The van der Waals surface area contributed by atoms with Gasteiger partial charge in [0.2, 0.25) is 5.90 Å². The van der Waals surface area contributed by atoms with Crippen molar-refractivity contribution in [2.24, 2.45) is 4.99 Å². The van der Waals surface area contributed by atoms with Crippen LogP contribution in [0.2, 0.25) is 5.02 Å². The van der Waals surface area contributed by atoms with Crippen LogP contribution < -0.4 is 4.90 Å². The summed E-state index contributed by atoms with van der Waals surface area (Å²) in [4.78, 5) is 25.2. The minimum atomic E-state index is -0.515. The molecule has 0 bridgehead atoms. The predicted molar refractivity (Wildman–Crippen MR) is 111 cm³/mol. The fraction of sp³-hybridized carbons (Fsp3) is 0.550. The Morgan fingerprint density at radius 2 is 2.10 bits per heavy atom. The number of carbonyl (C=O) groups excluding carboxylic acids is 1. The van der Waals surface area contributed by atoms with Gasteiger partial charge in [-0.15, -0.1) is 0 Å². The van der Waals surface area contributed by atoms with E-state index in [0.29, 0.717) is 66.4 Å². The second kappa shape index (κ2) is 7.40. The van der Waals surface area contributed by atoms with Gasteiger partial charge in [0.1, 0.15) is 17.7 Å². The molecule has 8 nitrogen and oxygen atoms in total. The number of anilines is 1. The standard InChI is InChI=1S/C20H25ClN4O4/c1-12-11-24(19(26)29-20(2,3)4)6-7-25(12)18-23-15-10-13(21)9-14(16(15)28-18)17-22-5-8-27-17/h9-10,12H,5-8,11H2,1-4H3. The Labute approximate surface area is 174 Å². The number of ether oxygens (including phenoxy) is 2. The predicted octanol–water partition coefficient (Wildman–Crippen LogP) is 3.70. The normalized spacial score (nSPS) is 20.0. The number of carbonyl (C=O) groups is 1. The number of hydrogen-bond donors (Lipinski definition) is 0. The maximum absolute atomic E-state index is 12.4. The van der Waals surface area contributed by atoms with Crippen LogP contribution in [0.5, 0.6) is 0 Å². The molecule has 4 rings (SSSR count). The van der Waals surface area contributed by atoms with Gasteiger partial charge >= 0.3 is 6.09 Å². The van der Waals surface area contributed by atoms with Gasteiger partial charge in [-0.25, -0.2) is 9.79 Å². The first kappa shape index (κ1) is 19.8. The molecule has 1 fully saturated rings. The minimum Gasteiger partial charge on any atom is -0.475 e. The van der Waals surface area contributed by atoms with Crippen molar-refractivity contribution in [1.29, 1.82) is 0 Å². The lowest BCUT2D eigenvalue weighted by Gasteiger charge is -2.39. The highest BCUT2D eigenvalue weighted by atomic mass is 35.5. The first-order valence-electron chi connectivity index (χ1n) is 9.73. The molecule has 1 unspecified atom stereocenters. The number of oxazole rings is 1. The molecule has 1 aromatic carbocycles. The molecule has 0 spiro atoms. The molecule has 2 aromatic rings. The van der Waals surface area contributed by atoms with Crippen LogP contribution in [-0.2, 0) is 9.47 Å². The van der Waals surface area contributed by atoms with Gasteiger partial charge in [-0.1, -0.05) is 11.6 Å². The highest BCUT2D eigenvalue weighted by molar-refractivity contribution is 6.32. The molecule has 29 heavy (non-hydrogen) atoms. The number of halogens is 1. The topological polar surface area (TPSA) is 80.4 Å². The third kappa shape index (κ3) is 4.12. The third-order valence-corrected chi connectivity index (χ3v) is 5.00. The second-order valence-corrected chi connectivity index (χ2v) is 8.74. The number of nitrogens with zero attached hydrogens (tertiary/aromatic N) is 4. The van der Waals surface area contributed by atoms with E-state index in [2.05, 4.69) is 14.9 Å². The summed E-state index contributed by atoms with van der Waals surface area (Å²) in [5.41, 5.74) is 1.46. The Morgan fingerprint density at radius 3 is 2.76 bits per heavy atom. The van der Waals surface area contributed by atoms with E-state index in [0.717, 1.165) is 0 Å². The number of amides is 1. The Morgan fingerprint density at radius 1 is 1.31 bits per heavy atom. The summed E-state index contributed by atoms with van der Waals surface area (Å²) < 4.78 is 17.2. The van der Waals surface area contributed by atoms with Crippen LogP contribution >= 0.6 is 11.6 Å². The SMILES string of the molecule is CC1CN(C(=O)OC(C)(C)C)CCN1c1nc2cc(Cl)cc(C3=NCCO3)c2o1. The van der Waals surface area contributed by atoms with Crippen LogP contribution in [0, 0.1) is 0 Å². The van der Waals surface area contributed by atoms with E-state index in [-0.39, 0.29) is 12.1 Å². The molecule has 2 aliphatic rings. The van der Waals surface area contributed by atoms with Crippen LogP contribution in [0.4, 0.5) is 10.8 Å². The molecule has 9 heteroatoms. The smallest absolute Gasteiger partial charge is 0.410 e. The van der Waals surface area contributed by atoms with Gasteiger partial charge in [0.15, 0.2) is 5.58 Å². The van der Waals surface area contributed by atoms with Crippen molar-refractivity contribution in [3.05, 3.63) is 22.7 Å². The van der Waals surface area contributed by atoms with Crippen molar-refractivity contribution < 1.29 is 18.7 Å². The van der Waals surface area contributed by atoms with Crippen molar-refractivity contribution >= 4 is 40.7 Å². The van der Waals surface area contributed by atoms with Crippen molar-refractivity contribution in [1.82, 2.24) is 9.88 Å². The zero-order chi connectivity index (χ0) is 20.8. The Balaban J connectivity index is 1.56. The van der Waals surface area contributed by atoms with Crippen molar-refractivity contribution in [2.75, 3.05) is 37.7 Å². The van der Waals surface area contributed by atoms with Crippen LogP contribution in [0.15, 0.2) is 21.5 Å². The van der Waals surface area contributed by atoms with Gasteiger partial charge in [-0.3, -0.25) is 0 Å². The lowest BCUT2D eigenvalue weighted by atomic mass is 10.2. The largest absolute Gasteiger partial charge is 0.475 e. The number of piperazine rings is 1. The highest BCUT2D eigenvalue weighted by Gasteiger charge is 2.32. The van der Waals surface area contributed by atoms with Crippen LogP contribution in [0.25, 0.3) is 11.1 Å². The number of rotatable bonds is 2. The van der Waals surface area contributed by atoms with E-state index in [1.165, 1.54) is 0 Å². The summed E-state index contributed by atoms with van der Waals surface area (Å²) in [6, 6.07) is 4.07. The molecule has 3 heterocycles. The summed E-state index contributed by atoms with van der Waals surface area (Å²) >= 11 is 6.27. The van der Waals surface area contributed by atoms with Crippen LogP contribution in [-0.4, -0.2) is 66.3 Å². The molecule has 1 saturated heterocycles. The van der Waals surface area contributed by atoms with Crippen LogP contribution in [0.1, 0.15) is 33.3 Å².